The average molecular weight is 381 g/mol. The SMILES string of the molecule is CC1=CC=NC(NC(=O)C2CC2)N1C(C)c1cccc(OCC(F)(F)F)c1. The lowest BCUT2D eigenvalue weighted by atomic mass is 10.1. The molecular formula is C19H22F3N3O2. The van der Waals surface area contributed by atoms with Crippen LogP contribution in [0.25, 0.3) is 0 Å². The van der Waals surface area contributed by atoms with Crippen LogP contribution in [-0.2, 0) is 4.79 Å². The quantitative estimate of drug-likeness (QED) is 0.816. The fraction of sp³-hybridized carbons (Fsp3) is 0.474. The van der Waals surface area contributed by atoms with Crippen LogP contribution in [0.15, 0.2) is 41.0 Å². The summed E-state index contributed by atoms with van der Waals surface area (Å²) < 4.78 is 42.0. The molecule has 1 aliphatic carbocycles. The maximum absolute atomic E-state index is 12.4. The number of carbonyl (C=O) groups excluding carboxylic acids is 1. The first kappa shape index (κ1) is 19.3. The van der Waals surface area contributed by atoms with E-state index in [4.69, 9.17) is 4.74 Å². The normalized spacial score (nSPS) is 20.9. The van der Waals surface area contributed by atoms with Crippen molar-refractivity contribution >= 4 is 12.1 Å². The van der Waals surface area contributed by atoms with E-state index in [0.29, 0.717) is 0 Å². The highest BCUT2D eigenvalue weighted by Gasteiger charge is 2.34. The van der Waals surface area contributed by atoms with E-state index in [1.165, 1.54) is 6.07 Å². The van der Waals surface area contributed by atoms with Crippen molar-refractivity contribution < 1.29 is 22.7 Å². The lowest BCUT2D eigenvalue weighted by Crippen LogP contribution is -2.48. The predicted molar refractivity (Wildman–Crippen MR) is 95.1 cm³/mol. The molecule has 0 aromatic heterocycles. The van der Waals surface area contributed by atoms with Gasteiger partial charge >= 0.3 is 6.18 Å². The Balaban J connectivity index is 1.75. The Hall–Kier alpha value is -2.51. The maximum atomic E-state index is 12.4. The van der Waals surface area contributed by atoms with Gasteiger partial charge in [0.15, 0.2) is 12.9 Å². The molecule has 1 saturated carbocycles. The number of carbonyl (C=O) groups is 1. The van der Waals surface area contributed by atoms with Crippen molar-refractivity contribution in [1.82, 2.24) is 10.2 Å². The van der Waals surface area contributed by atoms with Crippen LogP contribution in [0.1, 0.15) is 38.3 Å². The summed E-state index contributed by atoms with van der Waals surface area (Å²) in [7, 11) is 0. The minimum absolute atomic E-state index is 0.0219. The Kier molecular flexibility index (Phi) is 5.43. The van der Waals surface area contributed by atoms with Gasteiger partial charge in [-0.1, -0.05) is 12.1 Å². The molecule has 1 aromatic carbocycles. The highest BCUT2D eigenvalue weighted by Crippen LogP contribution is 2.32. The molecule has 27 heavy (non-hydrogen) atoms. The van der Waals surface area contributed by atoms with Crippen LogP contribution in [0, 0.1) is 5.92 Å². The number of hydrogen-bond acceptors (Lipinski definition) is 4. The number of allylic oxidation sites excluding steroid dienone is 2. The zero-order valence-corrected chi connectivity index (χ0v) is 15.2. The van der Waals surface area contributed by atoms with Crippen molar-refractivity contribution in [3.05, 3.63) is 41.6 Å². The molecular weight excluding hydrogens is 359 g/mol. The zero-order chi connectivity index (χ0) is 19.6. The van der Waals surface area contributed by atoms with Crippen molar-refractivity contribution in [2.24, 2.45) is 10.9 Å². The number of ether oxygens (including phenoxy) is 1. The monoisotopic (exact) mass is 381 g/mol. The topological polar surface area (TPSA) is 53.9 Å². The number of alkyl halides is 3. The summed E-state index contributed by atoms with van der Waals surface area (Å²) >= 11 is 0. The van der Waals surface area contributed by atoms with E-state index in [9.17, 15) is 18.0 Å². The van der Waals surface area contributed by atoms with Gasteiger partial charge in [0, 0.05) is 17.8 Å². The summed E-state index contributed by atoms with van der Waals surface area (Å²) in [5.74, 6) is 0.186. The molecule has 1 N–H and O–H groups in total. The molecule has 1 heterocycles. The van der Waals surface area contributed by atoms with Crippen LogP contribution >= 0.6 is 0 Å². The second-order valence-electron chi connectivity index (χ2n) is 6.82. The van der Waals surface area contributed by atoms with Gasteiger partial charge < -0.3 is 15.0 Å². The Morgan fingerprint density at radius 1 is 1.41 bits per heavy atom. The van der Waals surface area contributed by atoms with E-state index in [-0.39, 0.29) is 23.6 Å². The van der Waals surface area contributed by atoms with Crippen molar-refractivity contribution in [1.29, 1.82) is 0 Å². The minimum Gasteiger partial charge on any atom is -0.484 e. The lowest BCUT2D eigenvalue weighted by Gasteiger charge is -2.38. The minimum atomic E-state index is -4.39. The number of nitrogens with zero attached hydrogens (tertiary/aromatic N) is 2. The van der Waals surface area contributed by atoms with E-state index in [1.54, 1.807) is 18.3 Å². The second kappa shape index (κ2) is 7.62. The van der Waals surface area contributed by atoms with Gasteiger partial charge in [-0.15, -0.1) is 0 Å². The third-order valence-electron chi connectivity index (χ3n) is 4.59. The van der Waals surface area contributed by atoms with E-state index in [0.717, 1.165) is 24.1 Å². The molecule has 1 aromatic rings. The summed E-state index contributed by atoms with van der Waals surface area (Å²) in [5, 5.41) is 2.94. The Morgan fingerprint density at radius 2 is 2.15 bits per heavy atom. The first-order valence-corrected chi connectivity index (χ1v) is 8.83. The summed E-state index contributed by atoms with van der Waals surface area (Å²) in [6, 6.07) is 6.32. The number of amides is 1. The first-order chi connectivity index (χ1) is 12.7. The standard InChI is InChI=1S/C19H22F3N3O2/c1-12-8-9-23-18(24-17(26)14-6-7-14)25(12)13(2)15-4-3-5-16(10-15)27-11-19(20,21)22/h3-5,8-10,13-14,18H,6-7,11H2,1-2H3,(H,24,26). The number of aliphatic imine (C=N–C) groups is 1. The molecule has 146 valence electrons. The van der Waals surface area contributed by atoms with Crippen molar-refractivity contribution in [3.63, 3.8) is 0 Å². The fourth-order valence-corrected chi connectivity index (χ4v) is 2.99. The van der Waals surface area contributed by atoms with Gasteiger partial charge in [-0.3, -0.25) is 4.79 Å². The maximum Gasteiger partial charge on any atom is 0.422 e. The number of halogens is 3. The molecule has 5 nitrogen and oxygen atoms in total. The number of rotatable bonds is 6. The Bertz CT molecular complexity index is 757. The van der Waals surface area contributed by atoms with Crippen LogP contribution < -0.4 is 10.1 Å². The number of nitrogens with one attached hydrogen (secondary N) is 1. The number of benzene rings is 1. The van der Waals surface area contributed by atoms with Gasteiger partial charge in [0.1, 0.15) is 5.75 Å². The Labute approximate surface area is 155 Å². The van der Waals surface area contributed by atoms with Gasteiger partial charge in [-0.05, 0) is 50.5 Å². The number of hydrogen-bond donors (Lipinski definition) is 1. The molecule has 8 heteroatoms. The molecule has 1 aliphatic heterocycles. The third-order valence-corrected chi connectivity index (χ3v) is 4.59. The third kappa shape index (κ3) is 5.02. The molecule has 2 unspecified atom stereocenters. The summed E-state index contributed by atoms with van der Waals surface area (Å²) in [6.07, 6.45) is 0.342. The smallest absolute Gasteiger partial charge is 0.422 e. The first-order valence-electron chi connectivity index (χ1n) is 8.83. The zero-order valence-electron chi connectivity index (χ0n) is 15.2. The summed E-state index contributed by atoms with van der Waals surface area (Å²) in [5.41, 5.74) is 1.67. The molecule has 1 fully saturated rings. The molecule has 0 bridgehead atoms. The largest absolute Gasteiger partial charge is 0.484 e. The van der Waals surface area contributed by atoms with Crippen molar-refractivity contribution in [2.45, 2.75) is 45.2 Å². The van der Waals surface area contributed by atoms with Crippen molar-refractivity contribution in [3.8, 4) is 5.75 Å². The van der Waals surface area contributed by atoms with Crippen molar-refractivity contribution in [2.75, 3.05) is 6.61 Å². The van der Waals surface area contributed by atoms with Crippen LogP contribution in [0.5, 0.6) is 5.75 Å². The van der Waals surface area contributed by atoms with Gasteiger partial charge in [-0.25, -0.2) is 4.99 Å². The highest BCUT2D eigenvalue weighted by atomic mass is 19.4. The van der Waals surface area contributed by atoms with Gasteiger partial charge in [-0.2, -0.15) is 13.2 Å². The van der Waals surface area contributed by atoms with E-state index in [2.05, 4.69) is 10.3 Å². The van der Waals surface area contributed by atoms with Gasteiger partial charge in [0.2, 0.25) is 5.91 Å². The highest BCUT2D eigenvalue weighted by molar-refractivity contribution is 5.81. The molecule has 0 radical (unpaired) electrons. The molecule has 0 saturated heterocycles. The lowest BCUT2D eigenvalue weighted by molar-refractivity contribution is -0.153. The molecule has 0 spiro atoms. The van der Waals surface area contributed by atoms with E-state index < -0.39 is 19.1 Å². The molecule has 3 rings (SSSR count). The predicted octanol–water partition coefficient (Wildman–Crippen LogP) is 3.79. The average Bonchev–Trinajstić information content (AvgIpc) is 3.44. The van der Waals surface area contributed by atoms with Crippen LogP contribution in [0.3, 0.4) is 0 Å². The van der Waals surface area contributed by atoms with Crippen LogP contribution in [-0.4, -0.2) is 36.1 Å². The van der Waals surface area contributed by atoms with Crippen LogP contribution in [0.2, 0.25) is 0 Å². The van der Waals surface area contributed by atoms with Crippen LogP contribution in [0.4, 0.5) is 13.2 Å². The summed E-state index contributed by atoms with van der Waals surface area (Å²) in [6.45, 7) is 2.48. The van der Waals surface area contributed by atoms with E-state index >= 15 is 0 Å². The molecule has 2 aliphatic rings. The van der Waals surface area contributed by atoms with E-state index in [1.807, 2.05) is 30.9 Å². The van der Waals surface area contributed by atoms with Gasteiger partial charge in [0.25, 0.3) is 0 Å². The molecule has 1 amide bonds. The second-order valence-corrected chi connectivity index (χ2v) is 6.82. The fourth-order valence-electron chi connectivity index (χ4n) is 2.99. The molecule has 2 atom stereocenters. The van der Waals surface area contributed by atoms with Gasteiger partial charge in [0.05, 0.1) is 6.04 Å². The summed E-state index contributed by atoms with van der Waals surface area (Å²) in [4.78, 5) is 18.5. The Morgan fingerprint density at radius 3 is 2.81 bits per heavy atom.